The molecule has 9 heteroatoms. The Morgan fingerprint density at radius 2 is 1.74 bits per heavy atom. The minimum Gasteiger partial charge on any atom is -0.345 e. The fraction of sp³-hybridized carbons (Fsp3) is 0.154. The molecule has 0 spiro atoms. The van der Waals surface area contributed by atoms with Gasteiger partial charge in [-0.3, -0.25) is 9.52 Å². The van der Waals surface area contributed by atoms with Crippen molar-refractivity contribution < 1.29 is 17.6 Å². The molecule has 0 aliphatic carbocycles. The molecule has 0 saturated heterocycles. The van der Waals surface area contributed by atoms with Crippen LogP contribution in [-0.2, 0) is 10.0 Å². The number of rotatable bonds is 7. The van der Waals surface area contributed by atoms with E-state index in [0.717, 1.165) is 23.0 Å². The number of nitrogens with one attached hydrogen (secondary N) is 2. The lowest BCUT2D eigenvalue weighted by molar-refractivity contribution is 0.0940. The Bertz CT molecular complexity index is 1480. The van der Waals surface area contributed by atoms with E-state index in [9.17, 15) is 17.6 Å². The van der Waals surface area contributed by atoms with E-state index in [1.165, 1.54) is 24.3 Å². The molecule has 2 N–H and O–H groups in total. The summed E-state index contributed by atoms with van der Waals surface area (Å²) in [5.74, 6) is -0.979. The zero-order valence-corrected chi connectivity index (χ0v) is 20.3. The number of halogens is 1. The van der Waals surface area contributed by atoms with Crippen LogP contribution in [0.3, 0.4) is 0 Å². The van der Waals surface area contributed by atoms with Crippen LogP contribution in [-0.4, -0.2) is 24.1 Å². The Labute approximate surface area is 203 Å². The molecule has 1 heterocycles. The molecule has 1 aromatic heterocycles. The van der Waals surface area contributed by atoms with E-state index < -0.39 is 15.8 Å². The molecular formula is C26H25FN4O3S. The minimum atomic E-state index is -4.02. The van der Waals surface area contributed by atoms with Crippen molar-refractivity contribution in [2.75, 3.05) is 4.72 Å². The molecule has 180 valence electrons. The lowest BCUT2D eigenvalue weighted by atomic mass is 10.1. The number of amides is 1. The molecule has 3 aromatic carbocycles. The summed E-state index contributed by atoms with van der Waals surface area (Å²) >= 11 is 0. The maximum absolute atomic E-state index is 13.9. The van der Waals surface area contributed by atoms with Crippen molar-refractivity contribution in [3.05, 3.63) is 107 Å². The molecular weight excluding hydrogens is 467 g/mol. The third kappa shape index (κ3) is 5.25. The standard InChI is InChI=1S/C26H25FN4O3S/c1-17-12-13-23(15-25(17)27)35(33,34)30-21-9-7-8-20(14-21)26(32)29-18(2)24-16-28-31(19(24)3)22-10-5-4-6-11-22/h4-16,18,30H,1-3H3,(H,29,32). The Morgan fingerprint density at radius 3 is 2.46 bits per heavy atom. The third-order valence-electron chi connectivity index (χ3n) is 5.69. The Morgan fingerprint density at radius 1 is 1.00 bits per heavy atom. The van der Waals surface area contributed by atoms with E-state index >= 15 is 0 Å². The molecule has 0 saturated carbocycles. The summed E-state index contributed by atoms with van der Waals surface area (Å²) in [6, 6.07) is 19.2. The first-order chi connectivity index (χ1) is 16.7. The quantitative estimate of drug-likeness (QED) is 0.383. The molecule has 4 aromatic rings. The van der Waals surface area contributed by atoms with Crippen LogP contribution in [0.4, 0.5) is 10.1 Å². The summed E-state index contributed by atoms with van der Waals surface area (Å²) in [5, 5.41) is 7.38. The molecule has 1 atom stereocenters. The van der Waals surface area contributed by atoms with Gasteiger partial charge >= 0.3 is 0 Å². The van der Waals surface area contributed by atoms with E-state index in [2.05, 4.69) is 15.1 Å². The smallest absolute Gasteiger partial charge is 0.261 e. The van der Waals surface area contributed by atoms with E-state index in [4.69, 9.17) is 0 Å². The number of carbonyl (C=O) groups is 1. The van der Waals surface area contributed by atoms with Gasteiger partial charge in [-0.05, 0) is 68.8 Å². The zero-order chi connectivity index (χ0) is 25.2. The number of aryl methyl sites for hydroxylation is 1. The number of carbonyl (C=O) groups excluding carboxylic acids is 1. The normalized spacial score (nSPS) is 12.2. The largest absolute Gasteiger partial charge is 0.345 e. The van der Waals surface area contributed by atoms with Gasteiger partial charge in [0.15, 0.2) is 0 Å². The van der Waals surface area contributed by atoms with Gasteiger partial charge in [0.2, 0.25) is 0 Å². The highest BCUT2D eigenvalue weighted by molar-refractivity contribution is 7.92. The summed E-state index contributed by atoms with van der Waals surface area (Å²) in [5.41, 5.74) is 3.50. The lowest BCUT2D eigenvalue weighted by Gasteiger charge is -2.15. The topological polar surface area (TPSA) is 93.1 Å². The van der Waals surface area contributed by atoms with E-state index in [1.807, 2.05) is 44.2 Å². The van der Waals surface area contributed by atoms with Crippen molar-refractivity contribution >= 4 is 21.6 Å². The van der Waals surface area contributed by atoms with Crippen LogP contribution in [0.5, 0.6) is 0 Å². The second-order valence-electron chi connectivity index (χ2n) is 8.23. The van der Waals surface area contributed by atoms with Crippen LogP contribution in [0, 0.1) is 19.7 Å². The number of aromatic nitrogens is 2. The van der Waals surface area contributed by atoms with Gasteiger partial charge in [-0.15, -0.1) is 0 Å². The van der Waals surface area contributed by atoms with Gasteiger partial charge in [-0.1, -0.05) is 30.3 Å². The molecule has 1 unspecified atom stereocenters. The number of nitrogens with zero attached hydrogens (tertiary/aromatic N) is 2. The monoisotopic (exact) mass is 492 g/mol. The van der Waals surface area contributed by atoms with Crippen molar-refractivity contribution in [2.24, 2.45) is 0 Å². The van der Waals surface area contributed by atoms with Crippen molar-refractivity contribution in [3.63, 3.8) is 0 Å². The Kier molecular flexibility index (Phi) is 6.70. The maximum Gasteiger partial charge on any atom is 0.261 e. The third-order valence-corrected chi connectivity index (χ3v) is 7.07. The molecule has 0 fully saturated rings. The summed E-state index contributed by atoms with van der Waals surface area (Å²) in [7, 11) is -4.02. The van der Waals surface area contributed by atoms with Gasteiger partial charge in [0.05, 0.1) is 22.8 Å². The van der Waals surface area contributed by atoms with Gasteiger partial charge in [-0.25, -0.2) is 17.5 Å². The van der Waals surface area contributed by atoms with Crippen molar-refractivity contribution in [2.45, 2.75) is 31.7 Å². The first kappa shape index (κ1) is 24.2. The van der Waals surface area contributed by atoms with E-state index in [1.54, 1.807) is 29.9 Å². The van der Waals surface area contributed by atoms with E-state index in [0.29, 0.717) is 5.56 Å². The van der Waals surface area contributed by atoms with Gasteiger partial charge in [-0.2, -0.15) is 5.10 Å². The Balaban J connectivity index is 1.49. The number of benzene rings is 3. The SMILES string of the molecule is Cc1ccc(S(=O)(=O)Nc2cccc(C(=O)NC(C)c3cnn(-c4ccccc4)c3C)c2)cc1F. The first-order valence-electron chi connectivity index (χ1n) is 11.0. The average Bonchev–Trinajstić information content (AvgIpc) is 3.22. The van der Waals surface area contributed by atoms with Crippen LogP contribution in [0.2, 0.25) is 0 Å². The maximum atomic E-state index is 13.9. The molecule has 0 bridgehead atoms. The predicted molar refractivity (Wildman–Crippen MR) is 133 cm³/mol. The van der Waals surface area contributed by atoms with Crippen molar-refractivity contribution in [1.29, 1.82) is 0 Å². The fourth-order valence-corrected chi connectivity index (χ4v) is 4.77. The average molecular weight is 493 g/mol. The molecule has 0 radical (unpaired) electrons. The van der Waals surface area contributed by atoms with Crippen LogP contribution < -0.4 is 10.0 Å². The predicted octanol–water partition coefficient (Wildman–Crippen LogP) is 4.92. The number of hydrogen-bond acceptors (Lipinski definition) is 4. The molecule has 1 amide bonds. The number of para-hydroxylation sites is 1. The van der Waals surface area contributed by atoms with Crippen LogP contribution in [0.25, 0.3) is 5.69 Å². The molecule has 0 aliphatic heterocycles. The number of sulfonamides is 1. The summed E-state index contributed by atoms with van der Waals surface area (Å²) in [4.78, 5) is 12.7. The number of hydrogen-bond donors (Lipinski definition) is 2. The highest BCUT2D eigenvalue weighted by atomic mass is 32.2. The summed E-state index contributed by atoms with van der Waals surface area (Å²) in [6.45, 7) is 5.34. The summed E-state index contributed by atoms with van der Waals surface area (Å²) < 4.78 is 43.4. The number of anilines is 1. The minimum absolute atomic E-state index is 0.194. The highest BCUT2D eigenvalue weighted by Gasteiger charge is 2.19. The second kappa shape index (κ2) is 9.71. The highest BCUT2D eigenvalue weighted by Crippen LogP contribution is 2.22. The fourth-order valence-electron chi connectivity index (χ4n) is 3.71. The first-order valence-corrected chi connectivity index (χ1v) is 12.4. The lowest BCUT2D eigenvalue weighted by Crippen LogP contribution is -2.27. The van der Waals surface area contributed by atoms with Gasteiger partial charge in [0, 0.05) is 22.5 Å². The zero-order valence-electron chi connectivity index (χ0n) is 19.5. The van der Waals surface area contributed by atoms with Gasteiger partial charge in [0.25, 0.3) is 15.9 Å². The van der Waals surface area contributed by atoms with E-state index in [-0.39, 0.29) is 28.1 Å². The van der Waals surface area contributed by atoms with Crippen molar-refractivity contribution in [3.8, 4) is 5.69 Å². The van der Waals surface area contributed by atoms with Crippen molar-refractivity contribution in [1.82, 2.24) is 15.1 Å². The van der Waals surface area contributed by atoms with Crippen LogP contribution >= 0.6 is 0 Å². The van der Waals surface area contributed by atoms with Crippen LogP contribution in [0.15, 0.2) is 83.9 Å². The molecule has 4 rings (SSSR count). The molecule has 35 heavy (non-hydrogen) atoms. The molecule has 0 aliphatic rings. The Hall–Kier alpha value is -3.98. The molecule has 7 nitrogen and oxygen atoms in total. The van der Waals surface area contributed by atoms with Crippen LogP contribution in [0.1, 0.15) is 40.1 Å². The second-order valence-corrected chi connectivity index (χ2v) is 9.91. The van der Waals surface area contributed by atoms with Gasteiger partial charge in [0.1, 0.15) is 5.82 Å². The van der Waals surface area contributed by atoms with Gasteiger partial charge < -0.3 is 5.32 Å². The summed E-state index contributed by atoms with van der Waals surface area (Å²) in [6.07, 6.45) is 1.72.